The van der Waals surface area contributed by atoms with E-state index in [1.54, 1.807) is 18.2 Å². The molecule has 0 unspecified atom stereocenters. The van der Waals surface area contributed by atoms with Crippen molar-refractivity contribution in [2.45, 2.75) is 12.6 Å². The lowest BCUT2D eigenvalue weighted by atomic mass is 10.1. The summed E-state index contributed by atoms with van der Waals surface area (Å²) in [7, 11) is 0. The van der Waals surface area contributed by atoms with Crippen molar-refractivity contribution in [2.75, 3.05) is 44.3 Å². The molecule has 2 aromatic carbocycles. The first-order chi connectivity index (χ1) is 16.2. The first-order valence-corrected chi connectivity index (χ1v) is 11.3. The minimum atomic E-state index is 0.186. The Bertz CT molecular complexity index is 1260. The lowest BCUT2D eigenvalue weighted by Gasteiger charge is -2.39. The van der Waals surface area contributed by atoms with Crippen LogP contribution in [0.5, 0.6) is 5.75 Å². The zero-order valence-corrected chi connectivity index (χ0v) is 18.2. The fourth-order valence-electron chi connectivity index (χ4n) is 4.50. The smallest absolute Gasteiger partial charge is 0.184 e. The van der Waals surface area contributed by atoms with Crippen LogP contribution in [-0.4, -0.2) is 74.4 Å². The third-order valence-corrected chi connectivity index (χ3v) is 6.25. The molecule has 168 valence electrons. The van der Waals surface area contributed by atoms with Gasteiger partial charge in [0.25, 0.3) is 0 Å². The predicted octanol–water partition coefficient (Wildman–Crippen LogP) is 2.49. The summed E-state index contributed by atoms with van der Waals surface area (Å²) in [6.45, 7) is 5.50. The number of rotatable bonds is 5. The number of benzene rings is 2. The molecular formula is C24H25N7O2. The van der Waals surface area contributed by atoms with E-state index in [1.165, 1.54) is 5.56 Å². The highest BCUT2D eigenvalue weighted by Crippen LogP contribution is 2.31. The molecule has 2 aliphatic heterocycles. The van der Waals surface area contributed by atoms with E-state index in [0.717, 1.165) is 49.8 Å². The summed E-state index contributed by atoms with van der Waals surface area (Å²) < 4.78 is 7.47. The summed E-state index contributed by atoms with van der Waals surface area (Å²) in [5.41, 5.74) is 3.51. The van der Waals surface area contributed by atoms with Gasteiger partial charge in [-0.1, -0.05) is 47.7 Å². The SMILES string of the molecule is Oc1cccc(-c2nc(N3CCOCC3)c3nnn(C4CN(Cc5ccccc5)C4)c3n2)c1. The van der Waals surface area contributed by atoms with E-state index in [9.17, 15) is 5.11 Å². The minimum absolute atomic E-state index is 0.186. The van der Waals surface area contributed by atoms with E-state index in [-0.39, 0.29) is 11.8 Å². The molecule has 0 amide bonds. The van der Waals surface area contributed by atoms with Crippen LogP contribution in [0.15, 0.2) is 54.6 Å². The molecule has 0 atom stereocenters. The Kier molecular flexibility index (Phi) is 5.12. The van der Waals surface area contributed by atoms with Crippen molar-refractivity contribution in [3.63, 3.8) is 0 Å². The van der Waals surface area contributed by atoms with Crippen LogP contribution >= 0.6 is 0 Å². The van der Waals surface area contributed by atoms with Crippen molar-refractivity contribution in [3.8, 4) is 17.1 Å². The van der Waals surface area contributed by atoms with Crippen LogP contribution in [0.1, 0.15) is 11.6 Å². The Hall–Kier alpha value is -3.56. The van der Waals surface area contributed by atoms with Gasteiger partial charge in [0.2, 0.25) is 0 Å². The highest BCUT2D eigenvalue weighted by molar-refractivity contribution is 5.85. The molecule has 2 saturated heterocycles. The summed E-state index contributed by atoms with van der Waals surface area (Å²) in [4.78, 5) is 14.3. The van der Waals surface area contributed by atoms with E-state index in [2.05, 4.69) is 44.4 Å². The molecule has 4 aromatic rings. The van der Waals surface area contributed by atoms with E-state index >= 15 is 0 Å². The van der Waals surface area contributed by atoms with Crippen LogP contribution in [0.4, 0.5) is 5.82 Å². The van der Waals surface area contributed by atoms with Crippen molar-refractivity contribution in [2.24, 2.45) is 0 Å². The zero-order valence-electron chi connectivity index (χ0n) is 18.2. The Morgan fingerprint density at radius 1 is 0.970 bits per heavy atom. The fraction of sp³-hybridized carbons (Fsp3) is 0.333. The van der Waals surface area contributed by atoms with Crippen molar-refractivity contribution in [1.82, 2.24) is 29.9 Å². The zero-order chi connectivity index (χ0) is 22.2. The molecule has 2 aliphatic rings. The molecular weight excluding hydrogens is 418 g/mol. The molecule has 33 heavy (non-hydrogen) atoms. The lowest BCUT2D eigenvalue weighted by molar-refractivity contribution is 0.0921. The third kappa shape index (κ3) is 3.90. The molecule has 2 fully saturated rings. The van der Waals surface area contributed by atoms with Crippen LogP contribution in [0.3, 0.4) is 0 Å². The van der Waals surface area contributed by atoms with Gasteiger partial charge >= 0.3 is 0 Å². The molecule has 0 bridgehead atoms. The quantitative estimate of drug-likeness (QED) is 0.503. The molecule has 0 radical (unpaired) electrons. The summed E-state index contributed by atoms with van der Waals surface area (Å²) >= 11 is 0. The summed E-state index contributed by atoms with van der Waals surface area (Å²) in [6, 6.07) is 17.7. The standard InChI is InChI=1S/C24H25N7O2/c32-20-8-4-7-18(13-20)22-25-23(30-9-11-33-12-10-30)21-24(26-22)31(28-27-21)19-15-29(16-19)14-17-5-2-1-3-6-17/h1-8,13,19,32H,9-12,14-16H2. The van der Waals surface area contributed by atoms with E-state index in [0.29, 0.717) is 24.6 Å². The number of ether oxygens (including phenoxy) is 1. The van der Waals surface area contributed by atoms with Crippen LogP contribution < -0.4 is 4.90 Å². The van der Waals surface area contributed by atoms with Crippen LogP contribution in [0, 0.1) is 0 Å². The van der Waals surface area contributed by atoms with Crippen LogP contribution in [0.25, 0.3) is 22.6 Å². The first kappa shape index (κ1) is 20.1. The largest absolute Gasteiger partial charge is 0.508 e. The maximum Gasteiger partial charge on any atom is 0.184 e. The Labute approximate surface area is 191 Å². The van der Waals surface area contributed by atoms with Crippen molar-refractivity contribution in [1.29, 1.82) is 0 Å². The van der Waals surface area contributed by atoms with Gasteiger partial charge in [-0.05, 0) is 17.7 Å². The van der Waals surface area contributed by atoms with Gasteiger partial charge in [0, 0.05) is 38.3 Å². The lowest BCUT2D eigenvalue weighted by Crippen LogP contribution is -2.47. The first-order valence-electron chi connectivity index (χ1n) is 11.3. The maximum atomic E-state index is 9.99. The van der Waals surface area contributed by atoms with E-state index in [4.69, 9.17) is 14.7 Å². The monoisotopic (exact) mass is 443 g/mol. The van der Waals surface area contributed by atoms with Gasteiger partial charge in [0.05, 0.1) is 19.3 Å². The van der Waals surface area contributed by atoms with Gasteiger partial charge in [-0.3, -0.25) is 4.90 Å². The van der Waals surface area contributed by atoms with Crippen molar-refractivity contribution >= 4 is 17.0 Å². The molecule has 1 N–H and O–H groups in total. The molecule has 6 rings (SSSR count). The third-order valence-electron chi connectivity index (χ3n) is 6.25. The molecule has 4 heterocycles. The van der Waals surface area contributed by atoms with Gasteiger partial charge < -0.3 is 14.7 Å². The summed E-state index contributed by atoms with van der Waals surface area (Å²) in [6.07, 6.45) is 0. The van der Waals surface area contributed by atoms with Gasteiger partial charge in [-0.15, -0.1) is 5.10 Å². The van der Waals surface area contributed by atoms with Gasteiger partial charge in [0.1, 0.15) is 5.75 Å². The van der Waals surface area contributed by atoms with Crippen LogP contribution in [-0.2, 0) is 11.3 Å². The van der Waals surface area contributed by atoms with E-state index in [1.807, 2.05) is 16.8 Å². The number of morpholine rings is 1. The topological polar surface area (TPSA) is 92.4 Å². The molecule has 2 aromatic heterocycles. The summed E-state index contributed by atoms with van der Waals surface area (Å²) in [5, 5.41) is 19.0. The predicted molar refractivity (Wildman–Crippen MR) is 124 cm³/mol. The fourth-order valence-corrected chi connectivity index (χ4v) is 4.50. The second-order valence-corrected chi connectivity index (χ2v) is 8.56. The Morgan fingerprint density at radius 3 is 2.58 bits per heavy atom. The number of hydrogen-bond donors (Lipinski definition) is 1. The Morgan fingerprint density at radius 2 is 1.79 bits per heavy atom. The van der Waals surface area contributed by atoms with Crippen LogP contribution in [0.2, 0.25) is 0 Å². The average molecular weight is 444 g/mol. The number of phenols is 1. The second-order valence-electron chi connectivity index (χ2n) is 8.56. The van der Waals surface area contributed by atoms with Gasteiger partial charge in [0.15, 0.2) is 22.8 Å². The average Bonchev–Trinajstić information content (AvgIpc) is 3.25. The number of aromatic nitrogens is 5. The number of fused-ring (bicyclic) bond motifs is 1. The number of anilines is 1. The number of hydrogen-bond acceptors (Lipinski definition) is 8. The number of aromatic hydroxyl groups is 1. The maximum absolute atomic E-state index is 9.99. The highest BCUT2D eigenvalue weighted by Gasteiger charge is 2.32. The Balaban J connectivity index is 1.34. The minimum Gasteiger partial charge on any atom is -0.508 e. The van der Waals surface area contributed by atoms with Gasteiger partial charge in [-0.25, -0.2) is 14.6 Å². The number of phenolic OH excluding ortho intramolecular Hbond substituents is 1. The van der Waals surface area contributed by atoms with E-state index < -0.39 is 0 Å². The van der Waals surface area contributed by atoms with Crippen molar-refractivity contribution in [3.05, 3.63) is 60.2 Å². The molecule has 0 saturated carbocycles. The second kappa shape index (κ2) is 8.42. The molecule has 0 spiro atoms. The highest BCUT2D eigenvalue weighted by atomic mass is 16.5. The molecule has 9 heteroatoms. The summed E-state index contributed by atoms with van der Waals surface area (Å²) in [5.74, 6) is 1.52. The number of likely N-dealkylation sites (tertiary alicyclic amines) is 1. The molecule has 9 nitrogen and oxygen atoms in total. The van der Waals surface area contributed by atoms with Gasteiger partial charge in [-0.2, -0.15) is 0 Å². The molecule has 0 aliphatic carbocycles. The normalized spacial score (nSPS) is 17.4. The number of nitrogens with zero attached hydrogens (tertiary/aromatic N) is 7. The van der Waals surface area contributed by atoms with Crippen molar-refractivity contribution < 1.29 is 9.84 Å².